The van der Waals surface area contributed by atoms with Gasteiger partial charge in [0, 0.05) is 0 Å². The quantitative estimate of drug-likeness (QED) is 0.659. The summed E-state index contributed by atoms with van der Waals surface area (Å²) in [5, 5.41) is 0. The number of hydrogen-bond donors (Lipinski definition) is 0. The first-order valence-corrected chi connectivity index (χ1v) is 6.39. The van der Waals surface area contributed by atoms with Gasteiger partial charge in [0.2, 0.25) is 0 Å². The second kappa shape index (κ2) is 5.23. The van der Waals surface area contributed by atoms with E-state index in [0.29, 0.717) is 0 Å². The first-order valence-electron chi connectivity index (χ1n) is 5.36. The molecule has 0 aromatic rings. The van der Waals surface area contributed by atoms with Gasteiger partial charge in [-0.1, -0.05) is 0 Å². The summed E-state index contributed by atoms with van der Waals surface area (Å²) < 4.78 is 27.0. The van der Waals surface area contributed by atoms with Gasteiger partial charge in [0.05, 0.1) is 7.11 Å². The van der Waals surface area contributed by atoms with Crippen molar-refractivity contribution in [1.29, 1.82) is 0 Å². The van der Waals surface area contributed by atoms with Crippen molar-refractivity contribution in [2.24, 2.45) is 0 Å². The van der Waals surface area contributed by atoms with Crippen molar-refractivity contribution in [1.82, 2.24) is 4.31 Å². The fraction of sp³-hybridized carbons (Fsp3) is 0.800. The average Bonchev–Trinajstić information content (AvgIpc) is 2.49. The zero-order valence-electron chi connectivity index (χ0n) is 11.0. The molecule has 104 valence electrons. The molecular formula is C10H17NO6S. The Labute approximate surface area is 108 Å². The smallest absolute Gasteiger partial charge is 0.424 e. The van der Waals surface area contributed by atoms with Crippen molar-refractivity contribution in [2.75, 3.05) is 7.11 Å². The molecule has 0 bridgehead atoms. The van der Waals surface area contributed by atoms with Gasteiger partial charge in [-0.2, -0.15) is 4.31 Å². The van der Waals surface area contributed by atoms with Crippen LogP contribution >= 0.6 is 0 Å². The van der Waals surface area contributed by atoms with Gasteiger partial charge in [0.1, 0.15) is 11.7 Å². The number of carbonyl (C=O) groups excluding carboxylic acids is 2. The van der Waals surface area contributed by atoms with E-state index in [4.69, 9.17) is 8.92 Å². The molecule has 0 saturated carbocycles. The fourth-order valence-electron chi connectivity index (χ4n) is 1.40. The molecule has 1 aliphatic rings. The molecule has 3 atom stereocenters. The maximum absolute atomic E-state index is 11.9. The molecule has 1 saturated heterocycles. The van der Waals surface area contributed by atoms with E-state index in [1.807, 2.05) is 0 Å². The van der Waals surface area contributed by atoms with Crippen molar-refractivity contribution in [3.8, 4) is 0 Å². The van der Waals surface area contributed by atoms with E-state index in [2.05, 4.69) is 4.74 Å². The van der Waals surface area contributed by atoms with Gasteiger partial charge in [-0.3, -0.25) is 4.18 Å². The normalized spacial score (nSPS) is 28.1. The van der Waals surface area contributed by atoms with E-state index in [1.165, 1.54) is 14.0 Å². The van der Waals surface area contributed by atoms with Crippen LogP contribution in [0, 0.1) is 0 Å². The molecule has 0 radical (unpaired) electrons. The highest BCUT2D eigenvalue weighted by Crippen LogP contribution is 2.25. The second-order valence-electron chi connectivity index (χ2n) is 4.79. The van der Waals surface area contributed by atoms with E-state index in [1.54, 1.807) is 20.8 Å². The van der Waals surface area contributed by atoms with Gasteiger partial charge in [0.15, 0.2) is 6.04 Å². The molecule has 0 N–H and O–H groups in total. The van der Waals surface area contributed by atoms with Crippen LogP contribution in [0.2, 0.25) is 0 Å². The van der Waals surface area contributed by atoms with E-state index in [-0.39, 0.29) is 0 Å². The summed E-state index contributed by atoms with van der Waals surface area (Å²) in [6.07, 6.45) is -1.59. The van der Waals surface area contributed by atoms with E-state index in [9.17, 15) is 13.8 Å². The van der Waals surface area contributed by atoms with Crippen LogP contribution < -0.4 is 0 Å². The fourth-order valence-corrected chi connectivity index (χ4v) is 2.46. The Hall–Kier alpha value is -1.15. The molecule has 1 amide bonds. The Morgan fingerprint density at radius 3 is 2.33 bits per heavy atom. The van der Waals surface area contributed by atoms with Crippen LogP contribution in [0.5, 0.6) is 0 Å². The molecular weight excluding hydrogens is 262 g/mol. The van der Waals surface area contributed by atoms with Crippen molar-refractivity contribution in [3.63, 3.8) is 0 Å². The number of esters is 1. The Morgan fingerprint density at radius 2 is 1.89 bits per heavy atom. The minimum absolute atomic E-state index is 0.695. The van der Waals surface area contributed by atoms with Gasteiger partial charge in [0.25, 0.3) is 11.3 Å². The minimum Gasteiger partial charge on any atom is -0.467 e. The Bertz CT molecular complexity index is 377. The number of ether oxygens (including phenoxy) is 2. The average molecular weight is 279 g/mol. The van der Waals surface area contributed by atoms with Gasteiger partial charge in [-0.05, 0) is 27.7 Å². The predicted octanol–water partition coefficient (Wildman–Crippen LogP) is 0.762. The largest absolute Gasteiger partial charge is 0.467 e. The van der Waals surface area contributed by atoms with Gasteiger partial charge < -0.3 is 9.47 Å². The molecule has 1 aliphatic heterocycles. The molecule has 1 heterocycles. The van der Waals surface area contributed by atoms with Crippen molar-refractivity contribution in [3.05, 3.63) is 0 Å². The summed E-state index contributed by atoms with van der Waals surface area (Å²) in [4.78, 5) is 23.4. The van der Waals surface area contributed by atoms with Gasteiger partial charge >= 0.3 is 12.1 Å². The predicted molar refractivity (Wildman–Crippen MR) is 62.6 cm³/mol. The number of methoxy groups -OCH3 is 1. The monoisotopic (exact) mass is 279 g/mol. The lowest BCUT2D eigenvalue weighted by atomic mass is 10.2. The van der Waals surface area contributed by atoms with Gasteiger partial charge in [-0.25, -0.2) is 13.8 Å². The molecule has 1 fully saturated rings. The van der Waals surface area contributed by atoms with Crippen molar-refractivity contribution >= 4 is 23.3 Å². The number of hydrogen-bond acceptors (Lipinski definition) is 6. The summed E-state index contributed by atoms with van der Waals surface area (Å²) in [6.45, 7) is 6.54. The standard InChI is InChI=1S/C10H17NO6S/c1-6-7(8(12)15-5)11(18(14)17-6)9(13)16-10(2,3)4/h6-7H,1-5H3/t6-,7+,18?/m1/s1. The zero-order chi connectivity index (χ0) is 14.1. The highest BCUT2D eigenvalue weighted by Gasteiger charge is 2.48. The van der Waals surface area contributed by atoms with Crippen molar-refractivity contribution < 1.29 is 27.5 Å². The van der Waals surface area contributed by atoms with Crippen molar-refractivity contribution in [2.45, 2.75) is 45.4 Å². The zero-order valence-corrected chi connectivity index (χ0v) is 11.8. The van der Waals surface area contributed by atoms with E-state index in [0.717, 1.165) is 4.31 Å². The van der Waals surface area contributed by atoms with Gasteiger partial charge in [-0.15, -0.1) is 0 Å². The molecule has 0 aliphatic carbocycles. The summed E-state index contributed by atoms with van der Waals surface area (Å²) in [5.74, 6) is -0.695. The third kappa shape index (κ3) is 3.20. The lowest BCUT2D eigenvalue weighted by Crippen LogP contribution is -2.47. The molecule has 1 rings (SSSR count). The first kappa shape index (κ1) is 14.9. The number of nitrogens with zero attached hydrogens (tertiary/aromatic N) is 1. The minimum atomic E-state index is -2.05. The van der Waals surface area contributed by atoms with E-state index >= 15 is 0 Å². The Kier molecular flexibility index (Phi) is 4.33. The third-order valence-corrected chi connectivity index (χ3v) is 3.27. The highest BCUT2D eigenvalue weighted by atomic mass is 32.2. The molecule has 1 unspecified atom stereocenters. The van der Waals surface area contributed by atoms with Crippen LogP contribution in [-0.4, -0.2) is 45.4 Å². The maximum atomic E-state index is 11.9. The summed E-state index contributed by atoms with van der Waals surface area (Å²) in [6, 6.07) is -1.06. The summed E-state index contributed by atoms with van der Waals surface area (Å²) in [5.41, 5.74) is -0.756. The number of carbonyl (C=O) groups is 2. The SMILES string of the molecule is COC(=O)[C@@H]1[C@@H](C)OS(=O)N1C(=O)OC(C)(C)C. The molecule has 8 heteroatoms. The lowest BCUT2D eigenvalue weighted by molar-refractivity contribution is -0.146. The van der Waals surface area contributed by atoms with Crippen LogP contribution in [0.15, 0.2) is 0 Å². The third-order valence-electron chi connectivity index (χ3n) is 2.11. The van der Waals surface area contributed by atoms with E-state index < -0.39 is 41.1 Å². The molecule has 7 nitrogen and oxygen atoms in total. The maximum Gasteiger partial charge on any atom is 0.424 e. The van der Waals surface area contributed by atoms with Crippen LogP contribution in [0.4, 0.5) is 4.79 Å². The van der Waals surface area contributed by atoms with Crippen LogP contribution in [0.25, 0.3) is 0 Å². The Morgan fingerprint density at radius 1 is 1.33 bits per heavy atom. The molecule has 18 heavy (non-hydrogen) atoms. The van der Waals surface area contributed by atoms with Crippen LogP contribution in [0.3, 0.4) is 0 Å². The Balaban J connectivity index is 2.93. The lowest BCUT2D eigenvalue weighted by Gasteiger charge is -2.25. The molecule has 0 spiro atoms. The highest BCUT2D eigenvalue weighted by molar-refractivity contribution is 7.78. The molecule has 0 aromatic carbocycles. The topological polar surface area (TPSA) is 82.1 Å². The number of amides is 1. The number of rotatable bonds is 1. The second-order valence-corrected chi connectivity index (χ2v) is 5.81. The first-order chi connectivity index (χ1) is 8.17. The summed E-state index contributed by atoms with van der Waals surface area (Å²) in [7, 11) is 1.18. The van der Waals surface area contributed by atoms with Crippen LogP contribution in [-0.2, 0) is 29.7 Å². The van der Waals surface area contributed by atoms with Crippen LogP contribution in [0.1, 0.15) is 27.7 Å². The molecule has 0 aromatic heterocycles. The summed E-state index contributed by atoms with van der Waals surface area (Å²) >= 11 is -2.05.